The predicted octanol–water partition coefficient (Wildman–Crippen LogP) is 4.90. The molecule has 2 amide bonds. The number of carbonyl (C=O) groups is 2. The zero-order valence-corrected chi connectivity index (χ0v) is 19.7. The second-order valence-corrected chi connectivity index (χ2v) is 8.92. The highest BCUT2D eigenvalue weighted by molar-refractivity contribution is 5.88. The number of ether oxygens (including phenoxy) is 1. The van der Waals surface area contributed by atoms with E-state index in [1.165, 1.54) is 12.1 Å². The molecule has 5 nitrogen and oxygen atoms in total. The summed E-state index contributed by atoms with van der Waals surface area (Å²) in [6.07, 6.45) is 4.46. The molecule has 0 spiro atoms. The summed E-state index contributed by atoms with van der Waals surface area (Å²) in [5.41, 5.74) is 1.86. The normalized spacial score (nSPS) is 14.3. The fourth-order valence-electron chi connectivity index (χ4n) is 4.49. The van der Waals surface area contributed by atoms with Crippen LogP contribution in [0.5, 0.6) is 5.75 Å². The zero-order valence-electron chi connectivity index (χ0n) is 19.7. The van der Waals surface area contributed by atoms with Crippen molar-refractivity contribution in [1.82, 2.24) is 10.2 Å². The van der Waals surface area contributed by atoms with Gasteiger partial charge in [0.1, 0.15) is 6.04 Å². The van der Waals surface area contributed by atoms with Gasteiger partial charge >= 0.3 is 0 Å². The Kier molecular flexibility index (Phi) is 8.49. The van der Waals surface area contributed by atoms with Gasteiger partial charge in [-0.1, -0.05) is 85.6 Å². The van der Waals surface area contributed by atoms with Crippen LogP contribution in [0.2, 0.25) is 0 Å². The maximum absolute atomic E-state index is 14.1. The van der Waals surface area contributed by atoms with E-state index in [-0.39, 0.29) is 36.8 Å². The van der Waals surface area contributed by atoms with Gasteiger partial charge in [0, 0.05) is 19.0 Å². The van der Waals surface area contributed by atoms with Gasteiger partial charge in [0.2, 0.25) is 5.91 Å². The van der Waals surface area contributed by atoms with Gasteiger partial charge in [0.05, 0.1) is 0 Å². The third kappa shape index (κ3) is 6.92. The fraction of sp³-hybridized carbons (Fsp3) is 0.310. The van der Waals surface area contributed by atoms with E-state index in [1.807, 2.05) is 60.7 Å². The molecule has 3 aromatic carbocycles. The number of rotatable bonds is 10. The highest BCUT2D eigenvalue weighted by atomic mass is 19.1. The average Bonchev–Trinajstić information content (AvgIpc) is 3.39. The fourth-order valence-corrected chi connectivity index (χ4v) is 4.49. The number of hydrogen-bond donors (Lipinski definition) is 1. The zero-order chi connectivity index (χ0) is 24.5. The first kappa shape index (κ1) is 24.5. The Morgan fingerprint density at radius 1 is 0.886 bits per heavy atom. The van der Waals surface area contributed by atoms with Crippen LogP contribution in [-0.4, -0.2) is 35.4 Å². The van der Waals surface area contributed by atoms with Gasteiger partial charge in [-0.2, -0.15) is 0 Å². The maximum atomic E-state index is 14.1. The van der Waals surface area contributed by atoms with E-state index in [2.05, 4.69) is 5.32 Å². The molecule has 1 aliphatic rings. The van der Waals surface area contributed by atoms with Gasteiger partial charge in [-0.05, 0) is 36.1 Å². The molecule has 1 unspecified atom stereocenters. The average molecular weight is 475 g/mol. The first-order valence-corrected chi connectivity index (χ1v) is 12.1. The summed E-state index contributed by atoms with van der Waals surface area (Å²) < 4.78 is 19.6. The van der Waals surface area contributed by atoms with Crippen LogP contribution < -0.4 is 10.1 Å². The van der Waals surface area contributed by atoms with E-state index in [9.17, 15) is 14.0 Å². The largest absolute Gasteiger partial charge is 0.481 e. The molecule has 182 valence electrons. The van der Waals surface area contributed by atoms with E-state index < -0.39 is 11.9 Å². The number of carbonyl (C=O) groups excluding carboxylic acids is 2. The summed E-state index contributed by atoms with van der Waals surface area (Å²) in [6.45, 7) is -0.119. The van der Waals surface area contributed by atoms with E-state index >= 15 is 0 Å². The molecule has 0 saturated heterocycles. The van der Waals surface area contributed by atoms with Crippen LogP contribution in [0.15, 0.2) is 84.9 Å². The molecule has 3 aromatic rings. The van der Waals surface area contributed by atoms with Crippen molar-refractivity contribution in [2.45, 2.75) is 50.7 Å². The van der Waals surface area contributed by atoms with Crippen molar-refractivity contribution in [1.29, 1.82) is 0 Å². The van der Waals surface area contributed by atoms with Crippen LogP contribution in [0, 0.1) is 5.82 Å². The molecule has 0 aliphatic heterocycles. The molecule has 0 aromatic heterocycles. The van der Waals surface area contributed by atoms with Crippen molar-refractivity contribution in [3.8, 4) is 5.75 Å². The summed E-state index contributed by atoms with van der Waals surface area (Å²) >= 11 is 0. The number of para-hydroxylation sites is 1. The minimum absolute atomic E-state index is 0.00975. The summed E-state index contributed by atoms with van der Waals surface area (Å²) in [4.78, 5) is 28.6. The van der Waals surface area contributed by atoms with E-state index in [0.29, 0.717) is 6.42 Å². The molecule has 1 saturated carbocycles. The topological polar surface area (TPSA) is 58.6 Å². The molecule has 1 atom stereocenters. The lowest BCUT2D eigenvalue weighted by Gasteiger charge is -2.32. The molecule has 1 aliphatic carbocycles. The third-order valence-corrected chi connectivity index (χ3v) is 6.36. The van der Waals surface area contributed by atoms with Crippen molar-refractivity contribution >= 4 is 11.8 Å². The van der Waals surface area contributed by atoms with Crippen LogP contribution in [0.3, 0.4) is 0 Å². The minimum Gasteiger partial charge on any atom is -0.481 e. The van der Waals surface area contributed by atoms with Gasteiger partial charge in [-0.3, -0.25) is 9.59 Å². The summed E-state index contributed by atoms with van der Waals surface area (Å²) in [5.74, 6) is -1.07. The van der Waals surface area contributed by atoms with Crippen LogP contribution in [0.4, 0.5) is 4.39 Å². The highest BCUT2D eigenvalue weighted by Crippen LogP contribution is 2.21. The Morgan fingerprint density at radius 3 is 2.14 bits per heavy atom. The summed E-state index contributed by atoms with van der Waals surface area (Å²) in [5, 5.41) is 3.17. The predicted molar refractivity (Wildman–Crippen MR) is 133 cm³/mol. The summed E-state index contributed by atoms with van der Waals surface area (Å²) in [6, 6.07) is 24.6. The Bertz CT molecular complexity index is 1100. The van der Waals surface area contributed by atoms with Crippen LogP contribution in [0.25, 0.3) is 0 Å². The smallest absolute Gasteiger partial charge is 0.261 e. The van der Waals surface area contributed by atoms with Gasteiger partial charge < -0.3 is 15.0 Å². The molecular weight excluding hydrogens is 443 g/mol. The molecule has 0 bridgehead atoms. The lowest BCUT2D eigenvalue weighted by molar-refractivity contribution is -0.143. The number of hydrogen-bond acceptors (Lipinski definition) is 3. The van der Waals surface area contributed by atoms with Gasteiger partial charge in [-0.25, -0.2) is 4.39 Å². The van der Waals surface area contributed by atoms with E-state index in [4.69, 9.17) is 4.74 Å². The lowest BCUT2D eigenvalue weighted by Crippen LogP contribution is -2.53. The van der Waals surface area contributed by atoms with Gasteiger partial charge in [-0.15, -0.1) is 0 Å². The number of halogens is 1. The molecule has 0 radical (unpaired) electrons. The Hall–Kier alpha value is -3.67. The van der Waals surface area contributed by atoms with Gasteiger partial charge in [0.15, 0.2) is 18.2 Å². The van der Waals surface area contributed by atoms with Crippen LogP contribution in [-0.2, 0) is 22.6 Å². The van der Waals surface area contributed by atoms with E-state index in [0.717, 1.165) is 36.8 Å². The summed E-state index contributed by atoms with van der Waals surface area (Å²) in [7, 11) is 0. The lowest BCUT2D eigenvalue weighted by atomic mass is 10.0. The first-order valence-electron chi connectivity index (χ1n) is 12.1. The standard InChI is InChI=1S/C29H31FN2O3/c30-25-17-9-10-18-27(25)35-21-28(33)32(20-23-13-5-2-6-14-23)26(19-22-11-3-1-4-12-22)29(34)31-24-15-7-8-16-24/h1-6,9-14,17-18,24,26H,7-8,15-16,19-21H2,(H,31,34). The van der Waals surface area contributed by atoms with Crippen molar-refractivity contribution in [3.05, 3.63) is 102 Å². The number of amides is 2. The number of nitrogens with zero attached hydrogens (tertiary/aromatic N) is 1. The molecule has 0 heterocycles. The minimum atomic E-state index is -0.727. The molecule has 6 heteroatoms. The van der Waals surface area contributed by atoms with Crippen molar-refractivity contribution in [2.75, 3.05) is 6.61 Å². The first-order chi connectivity index (χ1) is 17.1. The monoisotopic (exact) mass is 474 g/mol. The van der Waals surface area contributed by atoms with Crippen molar-refractivity contribution in [3.63, 3.8) is 0 Å². The van der Waals surface area contributed by atoms with Crippen LogP contribution >= 0.6 is 0 Å². The van der Waals surface area contributed by atoms with Crippen LogP contribution in [0.1, 0.15) is 36.8 Å². The number of nitrogens with one attached hydrogen (secondary N) is 1. The molecule has 1 N–H and O–H groups in total. The number of benzene rings is 3. The maximum Gasteiger partial charge on any atom is 0.261 e. The SMILES string of the molecule is O=C(NC1CCCC1)C(Cc1ccccc1)N(Cc1ccccc1)C(=O)COc1ccccc1F. The molecule has 35 heavy (non-hydrogen) atoms. The molecular formula is C29H31FN2O3. The second-order valence-electron chi connectivity index (χ2n) is 8.92. The quantitative estimate of drug-likeness (QED) is 0.455. The second kappa shape index (κ2) is 12.2. The third-order valence-electron chi connectivity index (χ3n) is 6.36. The Morgan fingerprint density at radius 2 is 1.49 bits per heavy atom. The molecule has 4 rings (SSSR count). The molecule has 1 fully saturated rings. The van der Waals surface area contributed by atoms with Crippen molar-refractivity contribution < 1.29 is 18.7 Å². The van der Waals surface area contributed by atoms with Gasteiger partial charge in [0.25, 0.3) is 5.91 Å². The van der Waals surface area contributed by atoms with Crippen molar-refractivity contribution in [2.24, 2.45) is 0 Å². The highest BCUT2D eigenvalue weighted by Gasteiger charge is 2.32. The van der Waals surface area contributed by atoms with E-state index in [1.54, 1.807) is 17.0 Å². The Balaban J connectivity index is 1.60. The Labute approximate surface area is 205 Å².